The number of benzene rings is 1. The molecular formula is C36H45FN8O2. The number of rotatable bonds is 9. The van der Waals surface area contributed by atoms with Gasteiger partial charge in [-0.15, -0.1) is 10.2 Å². The second-order valence-electron chi connectivity index (χ2n) is 15.7. The Labute approximate surface area is 276 Å². The van der Waals surface area contributed by atoms with Crippen LogP contribution in [0, 0.1) is 23.1 Å². The van der Waals surface area contributed by atoms with E-state index in [-0.39, 0.29) is 16.8 Å². The average molecular weight is 641 g/mol. The smallest absolute Gasteiger partial charge is 0.282 e. The minimum atomic E-state index is -0.349. The molecule has 4 saturated heterocycles. The molecule has 6 heterocycles. The van der Waals surface area contributed by atoms with E-state index in [0.717, 1.165) is 82.7 Å². The van der Waals surface area contributed by atoms with E-state index in [4.69, 9.17) is 9.47 Å². The average Bonchev–Trinajstić information content (AvgIpc) is 3.57. The Morgan fingerprint density at radius 3 is 2.62 bits per heavy atom. The van der Waals surface area contributed by atoms with Crippen molar-refractivity contribution in [3.8, 4) is 22.9 Å². The Morgan fingerprint density at radius 1 is 1.00 bits per heavy atom. The predicted octanol–water partition coefficient (Wildman–Crippen LogP) is 5.32. The summed E-state index contributed by atoms with van der Waals surface area (Å²) in [7, 11) is 0. The highest BCUT2D eigenvalue weighted by Crippen LogP contribution is 2.50. The maximum Gasteiger partial charge on any atom is 0.282 e. The third-order valence-electron chi connectivity index (χ3n) is 12.0. The van der Waals surface area contributed by atoms with Gasteiger partial charge in [0.1, 0.15) is 23.6 Å². The molecule has 0 bridgehead atoms. The molecule has 1 aromatic carbocycles. The summed E-state index contributed by atoms with van der Waals surface area (Å²) in [6.07, 6.45) is 11.6. The van der Waals surface area contributed by atoms with Gasteiger partial charge in [-0.2, -0.15) is 10.2 Å². The van der Waals surface area contributed by atoms with Crippen LogP contribution in [0.15, 0.2) is 36.8 Å². The number of nitrogens with zero attached hydrogens (tertiary/aromatic N) is 8. The Hall–Kier alpha value is -3.28. The van der Waals surface area contributed by atoms with Crippen LogP contribution in [0.25, 0.3) is 11.3 Å². The molecule has 2 aliphatic carbocycles. The summed E-state index contributed by atoms with van der Waals surface area (Å²) in [5.74, 6) is 2.99. The molecule has 10 nitrogen and oxygen atoms in total. The van der Waals surface area contributed by atoms with E-state index in [9.17, 15) is 4.39 Å². The first-order valence-electron chi connectivity index (χ1n) is 17.7. The molecule has 0 amide bonds. The molecule has 3 aromatic rings. The topological polar surface area (TPSA) is 92.6 Å². The summed E-state index contributed by atoms with van der Waals surface area (Å²) in [6, 6.07) is 7.89. The standard InChI is InChI=1S/C36H45FN8O2/c1-23(2)32(25-14-27(15-25)44-20-36(21-44)9-3-13-46-36)45-18-35(19-45)10-12-43(17-35)33-34(42-40-22-38-33)47-30-7-6-26(37)16-29(30)31-28(24-4-5-24)8-11-39-41-31/h6-8,11,16,22-25,27,32H,3-5,9-10,12-15,17-21H2,1-2H3/t25?,27?,32-/m0/s1. The molecule has 9 rings (SSSR count). The highest BCUT2D eigenvalue weighted by atomic mass is 19.1. The van der Waals surface area contributed by atoms with Gasteiger partial charge in [-0.25, -0.2) is 9.37 Å². The van der Waals surface area contributed by atoms with E-state index in [1.807, 2.05) is 6.07 Å². The minimum Gasteiger partial charge on any atom is -0.434 e. The third kappa shape index (κ3) is 5.38. The first-order valence-corrected chi connectivity index (χ1v) is 17.7. The van der Waals surface area contributed by atoms with Crippen molar-refractivity contribution in [2.75, 3.05) is 50.8 Å². The quantitative estimate of drug-likeness (QED) is 0.306. The lowest BCUT2D eigenvalue weighted by Gasteiger charge is -2.60. The zero-order chi connectivity index (χ0) is 31.8. The van der Waals surface area contributed by atoms with Crippen LogP contribution in [0.2, 0.25) is 0 Å². The van der Waals surface area contributed by atoms with E-state index in [2.05, 4.69) is 53.9 Å². The summed E-state index contributed by atoms with van der Waals surface area (Å²) < 4.78 is 27.1. The molecule has 6 aliphatic rings. The molecule has 0 N–H and O–H groups in total. The molecule has 2 saturated carbocycles. The normalized spacial score (nSPS) is 27.2. The van der Waals surface area contributed by atoms with Crippen molar-refractivity contribution in [2.24, 2.45) is 17.3 Å². The number of hydrogen-bond acceptors (Lipinski definition) is 10. The minimum absolute atomic E-state index is 0.197. The van der Waals surface area contributed by atoms with Gasteiger partial charge in [0.15, 0.2) is 5.82 Å². The maximum absolute atomic E-state index is 14.6. The van der Waals surface area contributed by atoms with Gasteiger partial charge >= 0.3 is 0 Å². The number of aromatic nitrogens is 5. The fraction of sp³-hybridized carbons (Fsp3) is 0.639. The highest BCUT2D eigenvalue weighted by molar-refractivity contribution is 5.71. The van der Waals surface area contributed by atoms with Gasteiger partial charge in [0.25, 0.3) is 5.88 Å². The fourth-order valence-corrected chi connectivity index (χ4v) is 9.52. The Bertz CT molecular complexity index is 1620. The summed E-state index contributed by atoms with van der Waals surface area (Å²) in [5.41, 5.74) is 2.76. The van der Waals surface area contributed by atoms with Gasteiger partial charge in [-0.05, 0) is 92.5 Å². The van der Waals surface area contributed by atoms with Gasteiger partial charge in [0.2, 0.25) is 0 Å². The maximum atomic E-state index is 14.6. The predicted molar refractivity (Wildman–Crippen MR) is 175 cm³/mol. The van der Waals surface area contributed by atoms with Crippen molar-refractivity contribution < 1.29 is 13.9 Å². The van der Waals surface area contributed by atoms with Crippen molar-refractivity contribution in [1.29, 1.82) is 0 Å². The van der Waals surface area contributed by atoms with Crippen LogP contribution in [-0.2, 0) is 4.74 Å². The number of hydrogen-bond donors (Lipinski definition) is 0. The number of likely N-dealkylation sites (tertiary alicyclic amines) is 2. The lowest BCUT2D eigenvalue weighted by Crippen LogP contribution is -2.69. The lowest BCUT2D eigenvalue weighted by molar-refractivity contribution is -0.154. The van der Waals surface area contributed by atoms with Gasteiger partial charge in [0, 0.05) is 75.1 Å². The van der Waals surface area contributed by atoms with Gasteiger partial charge < -0.3 is 14.4 Å². The second kappa shape index (κ2) is 11.4. The van der Waals surface area contributed by atoms with Crippen LogP contribution >= 0.6 is 0 Å². The van der Waals surface area contributed by atoms with E-state index in [1.165, 1.54) is 44.1 Å². The SMILES string of the molecule is CC(C)[C@@H](C1CC(N2CC3(CCCO3)C2)C1)N1CC2(CCN(c3ncnnc3Oc3ccc(F)cc3-c3nnccc3C3CC3)C2)C1. The highest BCUT2D eigenvalue weighted by Gasteiger charge is 2.55. The summed E-state index contributed by atoms with van der Waals surface area (Å²) in [6.45, 7) is 12.1. The van der Waals surface area contributed by atoms with E-state index >= 15 is 0 Å². The van der Waals surface area contributed by atoms with Crippen molar-refractivity contribution >= 4 is 5.82 Å². The number of halogens is 1. The number of ether oxygens (including phenoxy) is 2. The van der Waals surface area contributed by atoms with Crippen molar-refractivity contribution in [3.63, 3.8) is 0 Å². The van der Waals surface area contributed by atoms with Crippen LogP contribution in [0.4, 0.5) is 10.2 Å². The number of anilines is 1. The molecule has 0 radical (unpaired) electrons. The van der Waals surface area contributed by atoms with E-state index < -0.39 is 0 Å². The fourth-order valence-electron chi connectivity index (χ4n) is 9.52. The van der Waals surface area contributed by atoms with Crippen molar-refractivity contribution in [1.82, 2.24) is 35.2 Å². The molecular weight excluding hydrogens is 595 g/mol. The van der Waals surface area contributed by atoms with E-state index in [0.29, 0.717) is 46.6 Å². The van der Waals surface area contributed by atoms with Gasteiger partial charge in [-0.1, -0.05) is 13.8 Å². The van der Waals surface area contributed by atoms with Crippen molar-refractivity contribution in [3.05, 3.63) is 48.2 Å². The van der Waals surface area contributed by atoms with Crippen LogP contribution < -0.4 is 9.64 Å². The third-order valence-corrected chi connectivity index (χ3v) is 12.0. The van der Waals surface area contributed by atoms with Crippen molar-refractivity contribution in [2.45, 2.75) is 82.4 Å². The lowest BCUT2D eigenvalue weighted by atomic mass is 9.67. The molecule has 0 unspecified atom stereocenters. The summed E-state index contributed by atoms with van der Waals surface area (Å²) >= 11 is 0. The first kappa shape index (κ1) is 29.8. The second-order valence-corrected chi connectivity index (χ2v) is 15.7. The molecule has 2 aromatic heterocycles. The molecule has 11 heteroatoms. The Morgan fingerprint density at radius 2 is 1.85 bits per heavy atom. The molecule has 248 valence electrons. The summed E-state index contributed by atoms with van der Waals surface area (Å²) in [4.78, 5) is 12.4. The molecule has 2 spiro atoms. The summed E-state index contributed by atoms with van der Waals surface area (Å²) in [5, 5.41) is 17.0. The van der Waals surface area contributed by atoms with Crippen LogP contribution in [-0.4, -0.2) is 98.7 Å². The van der Waals surface area contributed by atoms with Gasteiger partial charge in [0.05, 0.1) is 5.60 Å². The first-order chi connectivity index (χ1) is 22.9. The zero-order valence-electron chi connectivity index (χ0n) is 27.5. The van der Waals surface area contributed by atoms with Crippen LogP contribution in [0.3, 0.4) is 0 Å². The monoisotopic (exact) mass is 640 g/mol. The van der Waals surface area contributed by atoms with Crippen LogP contribution in [0.1, 0.15) is 70.3 Å². The Kier molecular flexibility index (Phi) is 7.24. The largest absolute Gasteiger partial charge is 0.434 e. The van der Waals surface area contributed by atoms with Gasteiger partial charge in [-0.3, -0.25) is 9.80 Å². The molecule has 6 fully saturated rings. The molecule has 4 aliphatic heterocycles. The van der Waals surface area contributed by atoms with E-state index in [1.54, 1.807) is 12.3 Å². The Balaban J connectivity index is 0.864. The van der Waals surface area contributed by atoms with Crippen LogP contribution in [0.5, 0.6) is 11.6 Å². The molecule has 47 heavy (non-hydrogen) atoms. The molecule has 1 atom stereocenters. The zero-order valence-corrected chi connectivity index (χ0v) is 27.5.